The maximum atomic E-state index is 12.6. The summed E-state index contributed by atoms with van der Waals surface area (Å²) in [6.07, 6.45) is 1.96. The van der Waals surface area contributed by atoms with Gasteiger partial charge in [0.2, 0.25) is 5.91 Å². The molecule has 0 saturated carbocycles. The van der Waals surface area contributed by atoms with Crippen LogP contribution in [0.25, 0.3) is 0 Å². The van der Waals surface area contributed by atoms with Gasteiger partial charge in [-0.3, -0.25) is 9.78 Å². The molecule has 4 heteroatoms. The van der Waals surface area contributed by atoms with E-state index < -0.39 is 0 Å². The standard InChI is InChI=1S/C17H20N2O2/c1-4-19(16-10-14(20)8-7-13(16)3)17(21)11-15-12(2)6-5-9-18-15/h5-10,20H,4,11H2,1-3H3. The number of carbonyl (C=O) groups is 1. The lowest BCUT2D eigenvalue weighted by Crippen LogP contribution is -2.33. The normalized spacial score (nSPS) is 10.4. The molecular weight excluding hydrogens is 264 g/mol. The summed E-state index contributed by atoms with van der Waals surface area (Å²) in [5.74, 6) is 0.142. The highest BCUT2D eigenvalue weighted by molar-refractivity contribution is 5.95. The Balaban J connectivity index is 2.27. The largest absolute Gasteiger partial charge is 0.508 e. The van der Waals surface area contributed by atoms with E-state index in [0.29, 0.717) is 6.54 Å². The number of anilines is 1. The number of hydrogen-bond acceptors (Lipinski definition) is 3. The summed E-state index contributed by atoms with van der Waals surface area (Å²) in [6.45, 7) is 6.35. The van der Waals surface area contributed by atoms with Crippen LogP contribution >= 0.6 is 0 Å². The number of carbonyl (C=O) groups excluding carboxylic acids is 1. The zero-order valence-corrected chi connectivity index (χ0v) is 12.6. The van der Waals surface area contributed by atoms with E-state index in [0.717, 1.165) is 22.5 Å². The molecule has 0 atom stereocenters. The average Bonchev–Trinajstić information content (AvgIpc) is 2.46. The van der Waals surface area contributed by atoms with Crippen molar-refractivity contribution >= 4 is 11.6 Å². The van der Waals surface area contributed by atoms with Crippen molar-refractivity contribution in [1.29, 1.82) is 0 Å². The Hall–Kier alpha value is -2.36. The Morgan fingerprint density at radius 1 is 1.24 bits per heavy atom. The molecule has 0 spiro atoms. The van der Waals surface area contributed by atoms with Gasteiger partial charge in [-0.15, -0.1) is 0 Å². The second kappa shape index (κ2) is 6.39. The highest BCUT2D eigenvalue weighted by Gasteiger charge is 2.18. The van der Waals surface area contributed by atoms with Gasteiger partial charge in [-0.25, -0.2) is 0 Å². The first-order valence-corrected chi connectivity index (χ1v) is 7.03. The molecule has 0 bridgehead atoms. The van der Waals surface area contributed by atoms with E-state index in [1.54, 1.807) is 23.2 Å². The Labute approximate surface area is 125 Å². The maximum Gasteiger partial charge on any atom is 0.233 e. The first-order chi connectivity index (χ1) is 10.0. The fourth-order valence-corrected chi connectivity index (χ4v) is 2.31. The van der Waals surface area contributed by atoms with Gasteiger partial charge in [0.25, 0.3) is 0 Å². The molecule has 1 heterocycles. The molecule has 0 aliphatic rings. The molecular formula is C17H20N2O2. The smallest absolute Gasteiger partial charge is 0.233 e. The highest BCUT2D eigenvalue weighted by Crippen LogP contribution is 2.25. The van der Waals surface area contributed by atoms with E-state index in [-0.39, 0.29) is 18.1 Å². The number of phenolic OH excluding ortho intramolecular Hbond substituents is 1. The van der Waals surface area contributed by atoms with E-state index >= 15 is 0 Å². The Kier molecular flexibility index (Phi) is 4.58. The van der Waals surface area contributed by atoms with Crippen molar-refractivity contribution in [3.05, 3.63) is 53.3 Å². The monoisotopic (exact) mass is 284 g/mol. The van der Waals surface area contributed by atoms with Crippen molar-refractivity contribution in [3.63, 3.8) is 0 Å². The molecule has 0 unspecified atom stereocenters. The lowest BCUT2D eigenvalue weighted by molar-refractivity contribution is -0.118. The molecule has 110 valence electrons. The molecule has 0 fully saturated rings. The number of aryl methyl sites for hydroxylation is 2. The number of nitrogens with zero attached hydrogens (tertiary/aromatic N) is 2. The van der Waals surface area contributed by atoms with Crippen molar-refractivity contribution in [2.45, 2.75) is 27.2 Å². The predicted molar refractivity (Wildman–Crippen MR) is 83.5 cm³/mol. The molecule has 1 N–H and O–H groups in total. The van der Waals surface area contributed by atoms with Gasteiger partial charge in [0.15, 0.2) is 0 Å². The zero-order valence-electron chi connectivity index (χ0n) is 12.6. The fraction of sp³-hybridized carbons (Fsp3) is 0.294. The van der Waals surface area contributed by atoms with Gasteiger partial charge >= 0.3 is 0 Å². The highest BCUT2D eigenvalue weighted by atomic mass is 16.3. The van der Waals surface area contributed by atoms with Crippen LogP contribution in [0.3, 0.4) is 0 Å². The van der Waals surface area contributed by atoms with E-state index in [1.807, 2.05) is 39.0 Å². The third kappa shape index (κ3) is 3.40. The second-order valence-electron chi connectivity index (χ2n) is 5.05. The van der Waals surface area contributed by atoms with Crippen LogP contribution < -0.4 is 4.90 Å². The lowest BCUT2D eigenvalue weighted by Gasteiger charge is -2.23. The van der Waals surface area contributed by atoms with Gasteiger partial charge < -0.3 is 10.0 Å². The lowest BCUT2D eigenvalue weighted by atomic mass is 10.1. The minimum absolute atomic E-state index is 0.0204. The van der Waals surface area contributed by atoms with E-state index in [1.165, 1.54) is 0 Å². The molecule has 2 aromatic rings. The molecule has 0 aliphatic carbocycles. The second-order valence-corrected chi connectivity index (χ2v) is 5.05. The Morgan fingerprint density at radius 2 is 2.00 bits per heavy atom. The van der Waals surface area contributed by atoms with Gasteiger partial charge in [-0.2, -0.15) is 0 Å². The van der Waals surface area contributed by atoms with Crippen LogP contribution in [-0.4, -0.2) is 22.5 Å². The van der Waals surface area contributed by atoms with Crippen molar-refractivity contribution in [2.75, 3.05) is 11.4 Å². The van der Waals surface area contributed by atoms with Crippen molar-refractivity contribution < 1.29 is 9.90 Å². The minimum atomic E-state index is -0.0204. The van der Waals surface area contributed by atoms with Gasteiger partial charge in [-0.1, -0.05) is 12.1 Å². The summed E-state index contributed by atoms with van der Waals surface area (Å²) >= 11 is 0. The topological polar surface area (TPSA) is 53.4 Å². The maximum absolute atomic E-state index is 12.6. The Morgan fingerprint density at radius 3 is 2.67 bits per heavy atom. The predicted octanol–water partition coefficient (Wildman–Crippen LogP) is 3.00. The number of aromatic hydroxyl groups is 1. The summed E-state index contributed by atoms with van der Waals surface area (Å²) in [6, 6.07) is 8.88. The molecule has 21 heavy (non-hydrogen) atoms. The fourth-order valence-electron chi connectivity index (χ4n) is 2.31. The number of amides is 1. The summed E-state index contributed by atoms with van der Waals surface area (Å²) in [5.41, 5.74) is 3.50. The van der Waals surface area contributed by atoms with E-state index in [9.17, 15) is 9.90 Å². The summed E-state index contributed by atoms with van der Waals surface area (Å²) in [4.78, 5) is 18.5. The number of aromatic nitrogens is 1. The number of rotatable bonds is 4. The van der Waals surface area contributed by atoms with Crippen LogP contribution in [0.2, 0.25) is 0 Å². The molecule has 0 saturated heterocycles. The molecule has 1 aromatic carbocycles. The van der Waals surface area contributed by atoms with E-state index in [4.69, 9.17) is 0 Å². The van der Waals surface area contributed by atoms with Crippen LogP contribution in [0.1, 0.15) is 23.7 Å². The number of pyridine rings is 1. The summed E-state index contributed by atoms with van der Waals surface area (Å²) in [7, 11) is 0. The average molecular weight is 284 g/mol. The first kappa shape index (κ1) is 15.0. The van der Waals surface area contributed by atoms with Crippen molar-refractivity contribution in [2.24, 2.45) is 0 Å². The SMILES string of the molecule is CCN(C(=O)Cc1ncccc1C)c1cc(O)ccc1C. The minimum Gasteiger partial charge on any atom is -0.508 e. The molecule has 1 aromatic heterocycles. The number of likely N-dealkylation sites (N-methyl/N-ethyl adjacent to an activating group) is 1. The Bertz CT molecular complexity index is 653. The zero-order chi connectivity index (χ0) is 15.4. The summed E-state index contributed by atoms with van der Waals surface area (Å²) < 4.78 is 0. The van der Waals surface area contributed by atoms with Gasteiger partial charge in [0, 0.05) is 18.8 Å². The molecule has 4 nitrogen and oxygen atoms in total. The number of phenols is 1. The van der Waals surface area contributed by atoms with Crippen LogP contribution in [0.4, 0.5) is 5.69 Å². The molecule has 1 amide bonds. The van der Waals surface area contributed by atoms with Gasteiger partial charge in [0.05, 0.1) is 17.8 Å². The first-order valence-electron chi connectivity index (χ1n) is 7.03. The van der Waals surface area contributed by atoms with Gasteiger partial charge in [0.1, 0.15) is 5.75 Å². The third-order valence-corrected chi connectivity index (χ3v) is 3.54. The van der Waals surface area contributed by atoms with Gasteiger partial charge in [-0.05, 0) is 44.0 Å². The quantitative estimate of drug-likeness (QED) is 0.939. The van der Waals surface area contributed by atoms with Crippen LogP contribution in [0.15, 0.2) is 36.5 Å². The molecule has 0 radical (unpaired) electrons. The van der Waals surface area contributed by atoms with Crippen molar-refractivity contribution in [3.8, 4) is 5.75 Å². The number of benzene rings is 1. The van der Waals surface area contributed by atoms with Crippen LogP contribution in [-0.2, 0) is 11.2 Å². The molecule has 0 aliphatic heterocycles. The van der Waals surface area contributed by atoms with Crippen LogP contribution in [0, 0.1) is 13.8 Å². The molecule has 2 rings (SSSR count). The van der Waals surface area contributed by atoms with E-state index in [2.05, 4.69) is 4.98 Å². The third-order valence-electron chi connectivity index (χ3n) is 3.54. The van der Waals surface area contributed by atoms with Crippen LogP contribution in [0.5, 0.6) is 5.75 Å². The van der Waals surface area contributed by atoms with Crippen molar-refractivity contribution in [1.82, 2.24) is 4.98 Å². The summed E-state index contributed by atoms with van der Waals surface area (Å²) in [5, 5.41) is 9.65. The number of hydrogen-bond donors (Lipinski definition) is 1.